The SMILES string of the molecule is C1=CC2OC2CCCCCCC1. The van der Waals surface area contributed by atoms with Gasteiger partial charge in [-0.15, -0.1) is 0 Å². The van der Waals surface area contributed by atoms with Gasteiger partial charge in [0.25, 0.3) is 0 Å². The third kappa shape index (κ3) is 2.34. The molecular formula is C11H18O. The maximum Gasteiger partial charge on any atom is 0.102 e. The van der Waals surface area contributed by atoms with Gasteiger partial charge in [-0.25, -0.2) is 0 Å². The van der Waals surface area contributed by atoms with Gasteiger partial charge < -0.3 is 4.74 Å². The van der Waals surface area contributed by atoms with Crippen LogP contribution in [0.25, 0.3) is 0 Å². The van der Waals surface area contributed by atoms with Crippen molar-refractivity contribution in [1.29, 1.82) is 0 Å². The first-order valence-corrected chi connectivity index (χ1v) is 5.29. The van der Waals surface area contributed by atoms with E-state index in [1.165, 1.54) is 44.9 Å². The molecule has 2 atom stereocenters. The van der Waals surface area contributed by atoms with Crippen LogP contribution in [-0.2, 0) is 4.74 Å². The van der Waals surface area contributed by atoms with Gasteiger partial charge in [-0.05, 0) is 19.3 Å². The van der Waals surface area contributed by atoms with Gasteiger partial charge in [-0.2, -0.15) is 0 Å². The minimum absolute atomic E-state index is 0.489. The quantitative estimate of drug-likeness (QED) is 0.398. The van der Waals surface area contributed by atoms with Crippen LogP contribution >= 0.6 is 0 Å². The second kappa shape index (κ2) is 4.08. The molecule has 1 heterocycles. The van der Waals surface area contributed by atoms with E-state index in [9.17, 15) is 0 Å². The normalized spacial score (nSPS) is 36.7. The van der Waals surface area contributed by atoms with Gasteiger partial charge in [-0.3, -0.25) is 0 Å². The van der Waals surface area contributed by atoms with Crippen LogP contribution in [0.15, 0.2) is 12.2 Å². The van der Waals surface area contributed by atoms with Gasteiger partial charge in [0.05, 0.1) is 6.10 Å². The lowest BCUT2D eigenvalue weighted by molar-refractivity contribution is 0.371. The summed E-state index contributed by atoms with van der Waals surface area (Å²) in [6, 6.07) is 0. The first-order chi connectivity index (χ1) is 5.97. The van der Waals surface area contributed by atoms with Crippen LogP contribution in [0.1, 0.15) is 44.9 Å². The first-order valence-electron chi connectivity index (χ1n) is 5.29. The molecule has 68 valence electrons. The predicted molar refractivity (Wildman–Crippen MR) is 50.1 cm³/mol. The van der Waals surface area contributed by atoms with Crippen molar-refractivity contribution in [1.82, 2.24) is 0 Å². The van der Waals surface area contributed by atoms with E-state index in [4.69, 9.17) is 4.74 Å². The predicted octanol–water partition coefficient (Wildman–Crippen LogP) is 3.05. The summed E-state index contributed by atoms with van der Waals surface area (Å²) in [5.41, 5.74) is 0. The molecule has 0 aromatic heterocycles. The smallest absolute Gasteiger partial charge is 0.102 e. The number of allylic oxidation sites excluding steroid dienone is 1. The molecule has 2 unspecified atom stereocenters. The average molecular weight is 166 g/mol. The Balaban J connectivity index is 1.78. The molecule has 1 saturated heterocycles. The summed E-state index contributed by atoms with van der Waals surface area (Å²) >= 11 is 0. The maximum atomic E-state index is 5.50. The average Bonchev–Trinajstić information content (AvgIpc) is 2.78. The number of ether oxygens (including phenoxy) is 1. The molecule has 0 bridgehead atoms. The third-order valence-electron chi connectivity index (χ3n) is 2.81. The lowest BCUT2D eigenvalue weighted by atomic mass is 10.1. The molecule has 2 aliphatic rings. The van der Waals surface area contributed by atoms with E-state index < -0.39 is 0 Å². The molecular weight excluding hydrogens is 148 g/mol. The number of rotatable bonds is 0. The number of hydrogen-bond donors (Lipinski definition) is 0. The molecule has 1 heteroatoms. The highest BCUT2D eigenvalue weighted by Gasteiger charge is 2.35. The number of fused-ring (bicyclic) bond motifs is 1. The van der Waals surface area contributed by atoms with Crippen LogP contribution in [0.4, 0.5) is 0 Å². The second-order valence-corrected chi connectivity index (χ2v) is 3.91. The van der Waals surface area contributed by atoms with Crippen molar-refractivity contribution in [3.8, 4) is 0 Å². The standard InChI is InChI=1S/C11H18O/c1-2-4-6-8-10-11(12-10)9-7-5-3-1/h6,8,10-11H,1-5,7,9H2. The summed E-state index contributed by atoms with van der Waals surface area (Å²) in [5.74, 6) is 0. The zero-order valence-electron chi connectivity index (χ0n) is 7.67. The van der Waals surface area contributed by atoms with Crippen LogP contribution in [0.3, 0.4) is 0 Å². The van der Waals surface area contributed by atoms with Gasteiger partial charge in [0.2, 0.25) is 0 Å². The topological polar surface area (TPSA) is 12.5 Å². The second-order valence-electron chi connectivity index (χ2n) is 3.91. The molecule has 0 amide bonds. The Labute approximate surface area is 74.8 Å². The van der Waals surface area contributed by atoms with Gasteiger partial charge in [0.1, 0.15) is 6.10 Å². The lowest BCUT2D eigenvalue weighted by Crippen LogP contribution is -1.89. The molecule has 2 rings (SSSR count). The largest absolute Gasteiger partial charge is 0.365 e. The highest BCUT2D eigenvalue weighted by atomic mass is 16.6. The summed E-state index contributed by atoms with van der Waals surface area (Å²) in [5, 5.41) is 0. The molecule has 0 spiro atoms. The summed E-state index contributed by atoms with van der Waals surface area (Å²) in [6.07, 6.45) is 15.2. The Morgan fingerprint density at radius 3 is 2.83 bits per heavy atom. The summed E-state index contributed by atoms with van der Waals surface area (Å²) in [6.45, 7) is 0. The van der Waals surface area contributed by atoms with Gasteiger partial charge in [-0.1, -0.05) is 37.8 Å². The molecule has 0 N–H and O–H groups in total. The monoisotopic (exact) mass is 166 g/mol. The van der Waals surface area contributed by atoms with Crippen LogP contribution in [0.5, 0.6) is 0 Å². The zero-order valence-corrected chi connectivity index (χ0v) is 7.67. The van der Waals surface area contributed by atoms with E-state index in [0.717, 1.165) is 0 Å². The molecule has 0 aromatic carbocycles. The fraction of sp³-hybridized carbons (Fsp3) is 0.818. The lowest BCUT2D eigenvalue weighted by Gasteiger charge is -1.97. The summed E-state index contributed by atoms with van der Waals surface area (Å²) in [7, 11) is 0. The van der Waals surface area contributed by atoms with E-state index in [0.29, 0.717) is 12.2 Å². The van der Waals surface area contributed by atoms with E-state index in [1.54, 1.807) is 0 Å². The van der Waals surface area contributed by atoms with E-state index in [-0.39, 0.29) is 0 Å². The molecule has 0 aromatic rings. The third-order valence-corrected chi connectivity index (χ3v) is 2.81. The Morgan fingerprint density at radius 1 is 1.00 bits per heavy atom. The number of epoxide rings is 1. The van der Waals surface area contributed by atoms with Crippen molar-refractivity contribution in [2.75, 3.05) is 0 Å². The van der Waals surface area contributed by atoms with Crippen LogP contribution < -0.4 is 0 Å². The molecule has 1 aliphatic heterocycles. The molecule has 1 nitrogen and oxygen atoms in total. The van der Waals surface area contributed by atoms with Crippen molar-refractivity contribution in [2.24, 2.45) is 0 Å². The Morgan fingerprint density at radius 2 is 1.83 bits per heavy atom. The zero-order chi connectivity index (χ0) is 8.23. The molecule has 0 saturated carbocycles. The van der Waals surface area contributed by atoms with E-state index in [1.807, 2.05) is 0 Å². The van der Waals surface area contributed by atoms with Crippen molar-refractivity contribution < 1.29 is 4.74 Å². The highest BCUT2D eigenvalue weighted by Crippen LogP contribution is 2.29. The number of hydrogen-bond acceptors (Lipinski definition) is 1. The van der Waals surface area contributed by atoms with E-state index >= 15 is 0 Å². The Hall–Kier alpha value is -0.300. The molecule has 1 aliphatic carbocycles. The Kier molecular flexibility index (Phi) is 2.83. The van der Waals surface area contributed by atoms with Gasteiger partial charge >= 0.3 is 0 Å². The summed E-state index contributed by atoms with van der Waals surface area (Å²) < 4.78 is 5.50. The van der Waals surface area contributed by atoms with Crippen LogP contribution in [-0.4, -0.2) is 12.2 Å². The fourth-order valence-electron chi connectivity index (χ4n) is 1.93. The molecule has 12 heavy (non-hydrogen) atoms. The molecule has 1 fully saturated rings. The minimum Gasteiger partial charge on any atom is -0.365 e. The minimum atomic E-state index is 0.489. The van der Waals surface area contributed by atoms with Crippen LogP contribution in [0.2, 0.25) is 0 Å². The van der Waals surface area contributed by atoms with Crippen molar-refractivity contribution in [2.45, 2.75) is 57.2 Å². The van der Waals surface area contributed by atoms with Crippen molar-refractivity contribution in [3.63, 3.8) is 0 Å². The fourth-order valence-corrected chi connectivity index (χ4v) is 1.93. The maximum absolute atomic E-state index is 5.50. The summed E-state index contributed by atoms with van der Waals surface area (Å²) in [4.78, 5) is 0. The molecule has 0 radical (unpaired) electrons. The van der Waals surface area contributed by atoms with Gasteiger partial charge in [0.15, 0.2) is 0 Å². The van der Waals surface area contributed by atoms with Gasteiger partial charge in [0, 0.05) is 0 Å². The van der Waals surface area contributed by atoms with E-state index in [2.05, 4.69) is 12.2 Å². The van der Waals surface area contributed by atoms with Crippen molar-refractivity contribution in [3.05, 3.63) is 12.2 Å². The van der Waals surface area contributed by atoms with Crippen LogP contribution in [0, 0.1) is 0 Å². The Bertz CT molecular complexity index is 162. The van der Waals surface area contributed by atoms with Crippen molar-refractivity contribution >= 4 is 0 Å². The highest BCUT2D eigenvalue weighted by molar-refractivity contribution is 5.02. The first kappa shape index (κ1) is 8.31.